The third-order valence-electron chi connectivity index (χ3n) is 3.67. The number of halogens is 3. The van der Waals surface area contributed by atoms with E-state index in [4.69, 9.17) is 9.47 Å². The molecule has 0 aliphatic heterocycles. The van der Waals surface area contributed by atoms with E-state index >= 15 is 0 Å². The van der Waals surface area contributed by atoms with Gasteiger partial charge in [0.2, 0.25) is 0 Å². The summed E-state index contributed by atoms with van der Waals surface area (Å²) in [6.07, 6.45) is -1.90. The van der Waals surface area contributed by atoms with Crippen LogP contribution in [-0.4, -0.2) is 20.0 Å². The summed E-state index contributed by atoms with van der Waals surface area (Å²) in [4.78, 5) is 12.5. The minimum Gasteiger partial charge on any atom is -0.496 e. The molecule has 0 bridgehead atoms. The topological polar surface area (TPSA) is 35.5 Å². The molecule has 25 heavy (non-hydrogen) atoms. The van der Waals surface area contributed by atoms with Crippen molar-refractivity contribution in [3.63, 3.8) is 0 Å². The number of rotatable bonds is 5. The molecule has 0 amide bonds. The van der Waals surface area contributed by atoms with Crippen molar-refractivity contribution >= 4 is 11.9 Å². The second-order valence-electron chi connectivity index (χ2n) is 5.31. The fraction of sp³-hybridized carbons (Fsp3) is 0.211. The highest BCUT2D eigenvalue weighted by Crippen LogP contribution is 2.33. The number of aryl methyl sites for hydroxylation is 1. The lowest BCUT2D eigenvalue weighted by atomic mass is 10.0. The van der Waals surface area contributed by atoms with Gasteiger partial charge >= 0.3 is 6.18 Å². The summed E-state index contributed by atoms with van der Waals surface area (Å²) in [5, 5.41) is 0. The maximum Gasteiger partial charge on any atom is 0.416 e. The maximum absolute atomic E-state index is 13.0. The van der Waals surface area contributed by atoms with E-state index in [0.29, 0.717) is 11.5 Å². The summed E-state index contributed by atoms with van der Waals surface area (Å²) in [5.41, 5.74) is -0.105. The highest BCUT2D eigenvalue weighted by molar-refractivity contribution is 6.10. The monoisotopic (exact) mass is 350 g/mol. The van der Waals surface area contributed by atoms with Crippen LogP contribution in [0.3, 0.4) is 0 Å². The average molecular weight is 350 g/mol. The maximum atomic E-state index is 13.0. The fourth-order valence-electron chi connectivity index (χ4n) is 2.40. The highest BCUT2D eigenvalue weighted by Gasteiger charge is 2.32. The Kier molecular flexibility index (Phi) is 5.51. The lowest BCUT2D eigenvalue weighted by Gasteiger charge is -2.11. The molecule has 0 radical (unpaired) electrons. The van der Waals surface area contributed by atoms with Crippen LogP contribution < -0.4 is 9.47 Å². The van der Waals surface area contributed by atoms with Gasteiger partial charge in [0.15, 0.2) is 5.78 Å². The van der Waals surface area contributed by atoms with E-state index in [9.17, 15) is 18.0 Å². The van der Waals surface area contributed by atoms with Gasteiger partial charge in [-0.1, -0.05) is 24.3 Å². The molecule has 0 saturated heterocycles. The predicted molar refractivity (Wildman–Crippen MR) is 89.1 cm³/mol. The quantitative estimate of drug-likeness (QED) is 0.567. The van der Waals surface area contributed by atoms with Crippen molar-refractivity contribution in [3.05, 3.63) is 64.7 Å². The third-order valence-corrected chi connectivity index (χ3v) is 3.67. The molecular formula is C19H17F3O3. The van der Waals surface area contributed by atoms with Gasteiger partial charge in [0, 0.05) is 0 Å². The molecule has 2 aromatic rings. The molecule has 6 heteroatoms. The summed E-state index contributed by atoms with van der Waals surface area (Å²) in [6.45, 7) is 1.39. The Balaban J connectivity index is 2.36. The van der Waals surface area contributed by atoms with E-state index in [-0.39, 0.29) is 16.7 Å². The molecular weight excluding hydrogens is 333 g/mol. The lowest BCUT2D eigenvalue weighted by molar-refractivity contribution is -0.138. The first-order valence-electron chi connectivity index (χ1n) is 7.39. The van der Waals surface area contributed by atoms with Crippen molar-refractivity contribution in [2.75, 3.05) is 14.2 Å². The summed E-state index contributed by atoms with van der Waals surface area (Å²) in [7, 11) is 2.84. The van der Waals surface area contributed by atoms with Crippen LogP contribution in [0, 0.1) is 6.92 Å². The number of allylic oxidation sites excluding steroid dienone is 1. The number of benzene rings is 2. The molecule has 0 N–H and O–H groups in total. The van der Waals surface area contributed by atoms with Crippen molar-refractivity contribution in [1.82, 2.24) is 0 Å². The molecule has 0 aromatic heterocycles. The summed E-state index contributed by atoms with van der Waals surface area (Å²) < 4.78 is 49.2. The van der Waals surface area contributed by atoms with Crippen LogP contribution in [0.15, 0.2) is 42.5 Å². The van der Waals surface area contributed by atoms with Crippen LogP contribution >= 0.6 is 0 Å². The van der Waals surface area contributed by atoms with Gasteiger partial charge in [-0.2, -0.15) is 13.2 Å². The number of hydrogen-bond donors (Lipinski definition) is 0. The molecule has 0 saturated carbocycles. The molecule has 0 aliphatic rings. The zero-order chi connectivity index (χ0) is 18.6. The zero-order valence-electron chi connectivity index (χ0n) is 14.0. The zero-order valence-corrected chi connectivity index (χ0v) is 14.0. The Labute approximate surface area is 143 Å². The molecule has 132 valence electrons. The van der Waals surface area contributed by atoms with Crippen molar-refractivity contribution in [2.45, 2.75) is 13.1 Å². The number of carbonyl (C=O) groups excluding carboxylic acids is 1. The third kappa shape index (κ3) is 4.21. The highest BCUT2D eigenvalue weighted by atomic mass is 19.4. The molecule has 0 unspecified atom stereocenters. The van der Waals surface area contributed by atoms with Gasteiger partial charge in [-0.15, -0.1) is 0 Å². The second kappa shape index (κ2) is 7.42. The first-order valence-corrected chi connectivity index (χ1v) is 7.39. The van der Waals surface area contributed by atoms with Crippen molar-refractivity contribution in [1.29, 1.82) is 0 Å². The van der Waals surface area contributed by atoms with Crippen LogP contribution in [0.5, 0.6) is 11.5 Å². The number of ether oxygens (including phenoxy) is 2. The molecule has 0 aliphatic carbocycles. The van der Waals surface area contributed by atoms with Gasteiger partial charge in [-0.25, -0.2) is 0 Å². The summed E-state index contributed by atoms with van der Waals surface area (Å²) in [6, 6.07) is 8.80. The van der Waals surface area contributed by atoms with Crippen molar-refractivity contribution in [3.8, 4) is 11.5 Å². The second-order valence-corrected chi connectivity index (χ2v) is 5.31. The number of alkyl halides is 3. The molecule has 0 heterocycles. The van der Waals surface area contributed by atoms with E-state index in [1.54, 1.807) is 18.2 Å². The van der Waals surface area contributed by atoms with E-state index in [1.807, 2.05) is 0 Å². The molecule has 2 rings (SSSR count). The van der Waals surface area contributed by atoms with Crippen LogP contribution in [0.2, 0.25) is 0 Å². The van der Waals surface area contributed by atoms with Crippen LogP contribution in [0.4, 0.5) is 13.2 Å². The lowest BCUT2D eigenvalue weighted by Crippen LogP contribution is -2.07. The van der Waals surface area contributed by atoms with Gasteiger partial charge in [0.05, 0.1) is 19.8 Å². The van der Waals surface area contributed by atoms with Crippen molar-refractivity contribution < 1.29 is 27.4 Å². The minimum atomic E-state index is -4.44. The molecule has 3 nitrogen and oxygen atoms in total. The van der Waals surface area contributed by atoms with E-state index < -0.39 is 17.5 Å². The van der Waals surface area contributed by atoms with Crippen LogP contribution in [-0.2, 0) is 6.18 Å². The Morgan fingerprint density at radius 2 is 1.64 bits per heavy atom. The Bertz CT molecular complexity index is 786. The van der Waals surface area contributed by atoms with Gasteiger partial charge in [-0.3, -0.25) is 4.79 Å². The van der Waals surface area contributed by atoms with Gasteiger partial charge in [0.1, 0.15) is 17.1 Å². The SMILES string of the molecule is COc1cccc(OC)c1C(=O)/C=C/c1ccc(C)c(C(F)(F)F)c1. The number of methoxy groups -OCH3 is 2. The van der Waals surface area contributed by atoms with Crippen LogP contribution in [0.1, 0.15) is 27.0 Å². The number of hydrogen-bond acceptors (Lipinski definition) is 3. The number of ketones is 1. The normalized spacial score (nSPS) is 11.6. The first-order chi connectivity index (χ1) is 11.8. The van der Waals surface area contributed by atoms with Gasteiger partial charge in [0.25, 0.3) is 0 Å². The van der Waals surface area contributed by atoms with E-state index in [0.717, 1.165) is 6.07 Å². The Morgan fingerprint density at radius 3 is 2.16 bits per heavy atom. The predicted octanol–water partition coefficient (Wildman–Crippen LogP) is 4.93. The van der Waals surface area contributed by atoms with E-state index in [1.165, 1.54) is 45.4 Å². The minimum absolute atomic E-state index is 0.127. The summed E-state index contributed by atoms with van der Waals surface area (Å²) in [5.74, 6) is 0.228. The summed E-state index contributed by atoms with van der Waals surface area (Å²) >= 11 is 0. The van der Waals surface area contributed by atoms with Gasteiger partial charge < -0.3 is 9.47 Å². The fourth-order valence-corrected chi connectivity index (χ4v) is 2.40. The van der Waals surface area contributed by atoms with Crippen molar-refractivity contribution in [2.24, 2.45) is 0 Å². The average Bonchev–Trinajstić information content (AvgIpc) is 2.58. The standard InChI is InChI=1S/C19H17F3O3/c1-12-7-8-13(11-14(12)19(20,21)22)9-10-15(23)18-16(24-2)5-4-6-17(18)25-3/h4-11H,1-3H3/b10-9+. The molecule has 0 fully saturated rings. The van der Waals surface area contributed by atoms with Crippen LogP contribution in [0.25, 0.3) is 6.08 Å². The van der Waals surface area contributed by atoms with Gasteiger partial charge in [-0.05, 0) is 42.3 Å². The largest absolute Gasteiger partial charge is 0.496 e. The Morgan fingerprint density at radius 1 is 1.04 bits per heavy atom. The molecule has 0 spiro atoms. The van der Waals surface area contributed by atoms with E-state index in [2.05, 4.69) is 0 Å². The molecule has 2 aromatic carbocycles. The smallest absolute Gasteiger partial charge is 0.416 e. The first kappa shape index (κ1) is 18.6. The number of carbonyl (C=O) groups is 1. The Hall–Kier alpha value is -2.76. The molecule has 0 atom stereocenters.